The third-order valence-corrected chi connectivity index (χ3v) is 6.21. The fraction of sp³-hybridized carbons (Fsp3) is 0.320. The molecule has 0 amide bonds. The number of benzene rings is 2. The molecule has 1 aliphatic heterocycles. The van der Waals surface area contributed by atoms with Crippen LogP contribution >= 0.6 is 0 Å². The lowest BCUT2D eigenvalue weighted by molar-refractivity contribution is 0.372. The van der Waals surface area contributed by atoms with Crippen molar-refractivity contribution in [3.63, 3.8) is 0 Å². The van der Waals surface area contributed by atoms with E-state index in [0.29, 0.717) is 5.92 Å². The minimum atomic E-state index is 0.683. The van der Waals surface area contributed by atoms with Crippen molar-refractivity contribution in [2.45, 2.75) is 31.6 Å². The van der Waals surface area contributed by atoms with E-state index in [1.165, 1.54) is 54.7 Å². The summed E-state index contributed by atoms with van der Waals surface area (Å²) in [4.78, 5) is 2.60. The minimum absolute atomic E-state index is 0.683. The van der Waals surface area contributed by atoms with Gasteiger partial charge in [0.25, 0.3) is 0 Å². The van der Waals surface area contributed by atoms with E-state index in [4.69, 9.17) is 5.10 Å². The van der Waals surface area contributed by atoms with E-state index < -0.39 is 0 Å². The highest BCUT2D eigenvalue weighted by Gasteiger charge is 2.24. The van der Waals surface area contributed by atoms with E-state index in [1.54, 1.807) is 0 Å². The van der Waals surface area contributed by atoms with Crippen LogP contribution in [-0.4, -0.2) is 34.3 Å². The number of para-hydroxylation sites is 1. The van der Waals surface area contributed by atoms with Crippen LogP contribution in [0.25, 0.3) is 11.3 Å². The molecule has 142 valence electrons. The molecule has 3 aromatic rings. The Balaban J connectivity index is 1.31. The van der Waals surface area contributed by atoms with Crippen molar-refractivity contribution in [3.05, 3.63) is 89.8 Å². The predicted molar refractivity (Wildman–Crippen MR) is 115 cm³/mol. The molecule has 28 heavy (non-hydrogen) atoms. The van der Waals surface area contributed by atoms with Gasteiger partial charge in [-0.3, -0.25) is 4.90 Å². The zero-order valence-electron chi connectivity index (χ0n) is 16.3. The average Bonchev–Trinajstić information content (AvgIpc) is 3.41. The number of fused-ring (bicyclic) bond motifs is 1. The van der Waals surface area contributed by atoms with E-state index in [2.05, 4.69) is 82.5 Å². The first-order chi connectivity index (χ1) is 13.9. The van der Waals surface area contributed by atoms with Crippen molar-refractivity contribution in [1.82, 2.24) is 14.7 Å². The maximum Gasteiger partial charge on any atom is 0.0649 e. The lowest BCUT2D eigenvalue weighted by Crippen LogP contribution is -2.20. The van der Waals surface area contributed by atoms with E-state index in [1.807, 2.05) is 0 Å². The first-order valence-electron chi connectivity index (χ1n) is 10.5. The number of rotatable bonds is 4. The second-order valence-electron chi connectivity index (χ2n) is 7.99. The maximum atomic E-state index is 4.71. The summed E-state index contributed by atoms with van der Waals surface area (Å²) >= 11 is 0. The summed E-state index contributed by atoms with van der Waals surface area (Å²) in [7, 11) is 0. The second-order valence-corrected chi connectivity index (χ2v) is 7.99. The van der Waals surface area contributed by atoms with Gasteiger partial charge in [-0.2, -0.15) is 5.10 Å². The Kier molecular flexibility index (Phi) is 4.84. The van der Waals surface area contributed by atoms with Gasteiger partial charge in [0.15, 0.2) is 0 Å². The number of hydrogen-bond donors (Lipinski definition) is 0. The Labute approximate surface area is 167 Å². The molecular formula is C25H27N3. The largest absolute Gasteiger partial charge is 0.299 e. The average molecular weight is 370 g/mol. The molecule has 0 N–H and O–H groups in total. The molecule has 1 aromatic heterocycles. The van der Waals surface area contributed by atoms with Crippen LogP contribution in [0, 0.1) is 0 Å². The molecule has 0 saturated carbocycles. The molecule has 0 bridgehead atoms. The van der Waals surface area contributed by atoms with Gasteiger partial charge >= 0.3 is 0 Å². The Morgan fingerprint density at radius 3 is 2.57 bits per heavy atom. The van der Waals surface area contributed by atoms with Crippen molar-refractivity contribution in [2.24, 2.45) is 0 Å². The zero-order valence-corrected chi connectivity index (χ0v) is 16.3. The molecule has 1 fully saturated rings. The van der Waals surface area contributed by atoms with Gasteiger partial charge in [-0.05, 0) is 61.4 Å². The highest BCUT2D eigenvalue weighted by molar-refractivity contribution is 5.69. The van der Waals surface area contributed by atoms with E-state index in [0.717, 1.165) is 18.7 Å². The fourth-order valence-corrected chi connectivity index (χ4v) is 4.70. The van der Waals surface area contributed by atoms with Crippen LogP contribution in [-0.2, 0) is 6.42 Å². The normalized spacial score (nSPS) is 21.1. The molecule has 1 saturated heterocycles. The Hall–Kier alpha value is -2.65. The highest BCUT2D eigenvalue weighted by atomic mass is 15.3. The monoisotopic (exact) mass is 369 g/mol. The smallest absolute Gasteiger partial charge is 0.0649 e. The van der Waals surface area contributed by atoms with E-state index in [-0.39, 0.29) is 0 Å². The molecular weight excluding hydrogens is 342 g/mol. The molecule has 0 spiro atoms. The lowest BCUT2D eigenvalue weighted by atomic mass is 9.92. The van der Waals surface area contributed by atoms with Gasteiger partial charge in [0.2, 0.25) is 0 Å². The molecule has 5 rings (SSSR count). The number of likely N-dealkylation sites (tertiary alicyclic amines) is 1. The third kappa shape index (κ3) is 3.43. The van der Waals surface area contributed by atoms with Crippen LogP contribution in [0.3, 0.4) is 0 Å². The Bertz CT molecular complexity index is 956. The first kappa shape index (κ1) is 17.4. The molecule has 1 aliphatic carbocycles. The summed E-state index contributed by atoms with van der Waals surface area (Å²) in [6.07, 6.45) is 9.30. The summed E-state index contributed by atoms with van der Waals surface area (Å²) in [5, 5.41) is 4.71. The van der Waals surface area contributed by atoms with Gasteiger partial charge < -0.3 is 0 Å². The van der Waals surface area contributed by atoms with Crippen LogP contribution in [0.2, 0.25) is 0 Å². The quantitative estimate of drug-likeness (QED) is 0.639. The summed E-state index contributed by atoms with van der Waals surface area (Å²) in [5.41, 5.74) is 6.85. The Morgan fingerprint density at radius 2 is 1.75 bits per heavy atom. The highest BCUT2D eigenvalue weighted by Crippen LogP contribution is 2.33. The van der Waals surface area contributed by atoms with Crippen LogP contribution in [0.4, 0.5) is 0 Å². The van der Waals surface area contributed by atoms with Crippen LogP contribution in [0.1, 0.15) is 42.0 Å². The number of hydrogen-bond acceptors (Lipinski definition) is 2. The van der Waals surface area contributed by atoms with Gasteiger partial charge in [0.05, 0.1) is 17.6 Å². The zero-order chi connectivity index (χ0) is 18.8. The van der Waals surface area contributed by atoms with Crippen molar-refractivity contribution in [3.8, 4) is 5.69 Å². The van der Waals surface area contributed by atoms with Crippen LogP contribution in [0.15, 0.2) is 72.9 Å². The SMILES string of the molecule is C(CN1CCC(c2ccccc2)C1)=C1CCCc2c1cnn2-c1ccccc1. The molecule has 2 heterocycles. The third-order valence-electron chi connectivity index (χ3n) is 6.21. The van der Waals surface area contributed by atoms with Crippen molar-refractivity contribution in [2.75, 3.05) is 19.6 Å². The lowest BCUT2D eigenvalue weighted by Gasteiger charge is -2.19. The topological polar surface area (TPSA) is 21.1 Å². The van der Waals surface area contributed by atoms with Gasteiger partial charge in [-0.1, -0.05) is 54.6 Å². The summed E-state index contributed by atoms with van der Waals surface area (Å²) in [6.45, 7) is 3.41. The molecule has 1 unspecified atom stereocenters. The predicted octanol–water partition coefficient (Wildman–Crippen LogP) is 5.08. The minimum Gasteiger partial charge on any atom is -0.299 e. The number of nitrogens with zero attached hydrogens (tertiary/aromatic N) is 3. The van der Waals surface area contributed by atoms with Crippen molar-refractivity contribution in [1.29, 1.82) is 0 Å². The standard InChI is InChI=1S/C25H27N3/c1-3-8-20(9-4-1)22-15-17-27(19-22)16-14-21-10-7-13-25-24(21)18-26-28(25)23-11-5-2-6-12-23/h1-6,8-9,11-12,14,18,22H,7,10,13,15-17,19H2. The van der Waals surface area contributed by atoms with E-state index >= 15 is 0 Å². The molecule has 3 heteroatoms. The Morgan fingerprint density at radius 1 is 0.964 bits per heavy atom. The summed E-state index contributed by atoms with van der Waals surface area (Å²) in [6, 6.07) is 21.5. The van der Waals surface area contributed by atoms with E-state index in [9.17, 15) is 0 Å². The van der Waals surface area contributed by atoms with Crippen LogP contribution in [0.5, 0.6) is 0 Å². The molecule has 2 aromatic carbocycles. The summed E-state index contributed by atoms with van der Waals surface area (Å²) in [5.74, 6) is 0.683. The first-order valence-corrected chi connectivity index (χ1v) is 10.5. The van der Waals surface area contributed by atoms with Crippen molar-refractivity contribution < 1.29 is 0 Å². The molecule has 3 nitrogen and oxygen atoms in total. The van der Waals surface area contributed by atoms with Gasteiger partial charge in [0.1, 0.15) is 0 Å². The van der Waals surface area contributed by atoms with Gasteiger partial charge in [-0.25, -0.2) is 4.68 Å². The number of allylic oxidation sites excluding steroid dienone is 1. The number of aromatic nitrogens is 2. The van der Waals surface area contributed by atoms with Crippen LogP contribution < -0.4 is 0 Å². The molecule has 0 radical (unpaired) electrons. The molecule has 1 atom stereocenters. The van der Waals surface area contributed by atoms with Crippen molar-refractivity contribution >= 4 is 5.57 Å². The maximum absolute atomic E-state index is 4.71. The summed E-state index contributed by atoms with van der Waals surface area (Å²) < 4.78 is 2.13. The van der Waals surface area contributed by atoms with Gasteiger partial charge in [0, 0.05) is 18.7 Å². The van der Waals surface area contributed by atoms with Gasteiger partial charge in [-0.15, -0.1) is 0 Å². The molecule has 2 aliphatic rings. The fourth-order valence-electron chi connectivity index (χ4n) is 4.70. The second kappa shape index (κ2) is 7.76.